The molecule has 5 rings (SSSR count). The van der Waals surface area contributed by atoms with Gasteiger partial charge in [0.1, 0.15) is 12.4 Å². The van der Waals surface area contributed by atoms with Gasteiger partial charge >= 0.3 is 6.09 Å². The number of hydrogen-bond acceptors (Lipinski definition) is 4. The van der Waals surface area contributed by atoms with E-state index in [0.717, 1.165) is 56.4 Å². The Morgan fingerprint density at radius 1 is 1.10 bits per heavy atom. The molecule has 0 saturated carbocycles. The molecule has 3 aliphatic heterocycles. The van der Waals surface area contributed by atoms with Crippen LogP contribution in [0.4, 0.5) is 4.79 Å². The van der Waals surface area contributed by atoms with Crippen molar-refractivity contribution in [3.05, 3.63) is 65.2 Å². The molecule has 3 aliphatic rings. The zero-order chi connectivity index (χ0) is 21.3. The van der Waals surface area contributed by atoms with Crippen molar-refractivity contribution >= 4 is 6.09 Å². The Kier molecular flexibility index (Phi) is 5.61. The van der Waals surface area contributed by atoms with E-state index in [-0.39, 0.29) is 18.2 Å². The van der Waals surface area contributed by atoms with E-state index in [4.69, 9.17) is 9.47 Å². The number of aliphatic hydroxyl groups is 1. The summed E-state index contributed by atoms with van der Waals surface area (Å²) in [4.78, 5) is 14.8. The lowest BCUT2D eigenvalue weighted by Crippen LogP contribution is -2.60. The van der Waals surface area contributed by atoms with E-state index in [2.05, 4.69) is 18.2 Å². The van der Waals surface area contributed by atoms with Crippen molar-refractivity contribution < 1.29 is 19.4 Å². The van der Waals surface area contributed by atoms with Crippen LogP contribution in [0, 0.1) is 0 Å². The summed E-state index contributed by atoms with van der Waals surface area (Å²) in [6.45, 7) is 1.06. The maximum absolute atomic E-state index is 12.9. The number of hydrogen-bond donors (Lipinski definition) is 1. The zero-order valence-corrected chi connectivity index (χ0v) is 18.0. The van der Waals surface area contributed by atoms with Crippen molar-refractivity contribution in [3.63, 3.8) is 0 Å². The molecule has 1 N–H and O–H groups in total. The Hall–Kier alpha value is -2.53. The highest BCUT2D eigenvalue weighted by Crippen LogP contribution is 2.41. The summed E-state index contributed by atoms with van der Waals surface area (Å²) in [5.74, 6) is 0.999. The summed E-state index contributed by atoms with van der Waals surface area (Å²) in [6.07, 6.45) is 6.57. The fourth-order valence-corrected chi connectivity index (χ4v) is 5.60. The second kappa shape index (κ2) is 8.54. The van der Waals surface area contributed by atoms with Crippen LogP contribution in [0.1, 0.15) is 55.2 Å². The second-order valence-electron chi connectivity index (χ2n) is 9.36. The molecule has 0 radical (unpaired) electrons. The number of rotatable bonds is 5. The van der Waals surface area contributed by atoms with Crippen LogP contribution in [0.5, 0.6) is 5.75 Å². The van der Waals surface area contributed by atoms with Crippen molar-refractivity contribution in [1.82, 2.24) is 4.90 Å². The Bertz CT molecular complexity index is 914. The third-order valence-electron chi connectivity index (χ3n) is 7.14. The third kappa shape index (κ3) is 4.42. The van der Waals surface area contributed by atoms with Gasteiger partial charge in [0, 0.05) is 18.5 Å². The number of fused-ring (bicyclic) bond motifs is 3. The van der Waals surface area contributed by atoms with Gasteiger partial charge in [0.05, 0.1) is 12.2 Å². The summed E-state index contributed by atoms with van der Waals surface area (Å²) >= 11 is 0. The number of carbonyl (C=O) groups excluding carboxylic acids is 1. The average molecular weight is 422 g/mol. The van der Waals surface area contributed by atoms with Gasteiger partial charge in [-0.15, -0.1) is 0 Å². The zero-order valence-electron chi connectivity index (χ0n) is 18.0. The minimum atomic E-state index is -0.721. The van der Waals surface area contributed by atoms with Gasteiger partial charge in [-0.3, -0.25) is 0 Å². The van der Waals surface area contributed by atoms with Crippen LogP contribution in [0.2, 0.25) is 0 Å². The molecule has 1 amide bonds. The van der Waals surface area contributed by atoms with Crippen LogP contribution in [0.25, 0.3) is 0 Å². The van der Waals surface area contributed by atoms with E-state index in [1.165, 1.54) is 11.1 Å². The Morgan fingerprint density at radius 2 is 1.87 bits per heavy atom. The van der Waals surface area contributed by atoms with Gasteiger partial charge in [0.25, 0.3) is 0 Å². The van der Waals surface area contributed by atoms with Crippen molar-refractivity contribution in [2.45, 2.75) is 75.7 Å². The molecule has 31 heavy (non-hydrogen) atoms. The first kappa shape index (κ1) is 20.4. The van der Waals surface area contributed by atoms with Gasteiger partial charge in [-0.05, 0) is 67.7 Å². The van der Waals surface area contributed by atoms with E-state index >= 15 is 0 Å². The lowest BCUT2D eigenvalue weighted by Gasteiger charge is -2.51. The highest BCUT2D eigenvalue weighted by Gasteiger charge is 2.47. The average Bonchev–Trinajstić information content (AvgIpc) is 3.24. The molecule has 2 aromatic carbocycles. The molecule has 0 aliphatic carbocycles. The van der Waals surface area contributed by atoms with Gasteiger partial charge in [-0.2, -0.15) is 0 Å². The second-order valence-corrected chi connectivity index (χ2v) is 9.36. The molecule has 2 unspecified atom stereocenters. The number of aryl methyl sites for hydroxylation is 1. The Morgan fingerprint density at radius 3 is 2.65 bits per heavy atom. The number of piperidine rings is 2. The van der Waals surface area contributed by atoms with E-state index in [0.29, 0.717) is 19.4 Å². The van der Waals surface area contributed by atoms with Gasteiger partial charge in [0.15, 0.2) is 0 Å². The first-order valence-corrected chi connectivity index (χ1v) is 11.6. The van der Waals surface area contributed by atoms with Crippen molar-refractivity contribution in [3.8, 4) is 5.75 Å². The molecule has 0 aromatic heterocycles. The standard InChI is InChI=1S/C26H31NO4/c28-25(31-18-20-5-2-1-3-6-20)27-22-7-4-8-23(27)17-26(29,16-22)13-11-19-9-10-24-21(15-19)12-14-30-24/h1-3,5-6,9-10,15,22-23,29H,4,7-8,11-14,16-18H2. The predicted molar refractivity (Wildman–Crippen MR) is 118 cm³/mol. The quantitative estimate of drug-likeness (QED) is 0.764. The summed E-state index contributed by atoms with van der Waals surface area (Å²) < 4.78 is 11.2. The van der Waals surface area contributed by atoms with Crippen LogP contribution in [0.15, 0.2) is 48.5 Å². The summed E-state index contributed by atoms with van der Waals surface area (Å²) in [7, 11) is 0. The lowest BCUT2D eigenvalue weighted by molar-refractivity contribution is -0.0887. The van der Waals surface area contributed by atoms with Crippen LogP contribution < -0.4 is 4.74 Å². The smallest absolute Gasteiger partial charge is 0.410 e. The molecule has 2 saturated heterocycles. The maximum atomic E-state index is 12.9. The number of benzene rings is 2. The minimum Gasteiger partial charge on any atom is -0.493 e. The molecular formula is C26H31NO4. The molecule has 2 fully saturated rings. The summed E-state index contributed by atoms with van der Waals surface area (Å²) in [5, 5.41) is 11.4. The molecule has 2 atom stereocenters. The predicted octanol–water partition coefficient (Wildman–Crippen LogP) is 4.64. The Balaban J connectivity index is 1.21. The van der Waals surface area contributed by atoms with E-state index in [9.17, 15) is 9.90 Å². The maximum Gasteiger partial charge on any atom is 0.410 e. The normalized spacial score (nSPS) is 26.8. The van der Waals surface area contributed by atoms with Crippen LogP contribution in [0.3, 0.4) is 0 Å². The molecular weight excluding hydrogens is 390 g/mol. The first-order valence-electron chi connectivity index (χ1n) is 11.6. The molecule has 3 heterocycles. The van der Waals surface area contributed by atoms with Gasteiger partial charge in [-0.25, -0.2) is 4.79 Å². The van der Waals surface area contributed by atoms with Crippen molar-refractivity contribution in [1.29, 1.82) is 0 Å². The fourth-order valence-electron chi connectivity index (χ4n) is 5.60. The molecule has 2 aromatic rings. The summed E-state index contributed by atoms with van der Waals surface area (Å²) in [6, 6.07) is 16.3. The number of carbonyl (C=O) groups is 1. The van der Waals surface area contributed by atoms with Gasteiger partial charge in [-0.1, -0.05) is 42.5 Å². The van der Waals surface area contributed by atoms with E-state index in [1.807, 2.05) is 35.2 Å². The van der Waals surface area contributed by atoms with Crippen molar-refractivity contribution in [2.24, 2.45) is 0 Å². The SMILES string of the molecule is O=C(OCc1ccccc1)N1C2CCCC1CC(O)(CCc1ccc3c(c1)CCO3)C2. The molecule has 5 nitrogen and oxygen atoms in total. The highest BCUT2D eigenvalue weighted by atomic mass is 16.6. The van der Waals surface area contributed by atoms with Crippen molar-refractivity contribution in [2.75, 3.05) is 6.61 Å². The third-order valence-corrected chi connectivity index (χ3v) is 7.14. The Labute approximate surface area is 184 Å². The largest absolute Gasteiger partial charge is 0.493 e. The highest BCUT2D eigenvalue weighted by molar-refractivity contribution is 5.69. The van der Waals surface area contributed by atoms with Gasteiger partial charge in [0.2, 0.25) is 0 Å². The number of amides is 1. The molecule has 2 bridgehead atoms. The van der Waals surface area contributed by atoms with Crippen LogP contribution in [-0.4, -0.2) is 40.4 Å². The minimum absolute atomic E-state index is 0.0641. The summed E-state index contributed by atoms with van der Waals surface area (Å²) in [5.41, 5.74) is 2.81. The van der Waals surface area contributed by atoms with Gasteiger partial charge < -0.3 is 19.5 Å². The molecule has 5 heteroatoms. The first-order chi connectivity index (χ1) is 15.1. The number of nitrogens with zero attached hydrogens (tertiary/aromatic N) is 1. The number of ether oxygens (including phenoxy) is 2. The van der Waals surface area contributed by atoms with E-state index < -0.39 is 5.60 Å². The molecule has 164 valence electrons. The van der Waals surface area contributed by atoms with Crippen LogP contribution in [-0.2, 0) is 24.2 Å². The fraction of sp³-hybridized carbons (Fsp3) is 0.500. The van der Waals surface area contributed by atoms with E-state index in [1.54, 1.807) is 0 Å². The monoisotopic (exact) mass is 421 g/mol. The van der Waals surface area contributed by atoms with Crippen LogP contribution >= 0.6 is 0 Å². The molecule has 0 spiro atoms. The topological polar surface area (TPSA) is 59.0 Å². The lowest BCUT2D eigenvalue weighted by atomic mass is 9.73.